The molecule has 0 aliphatic heterocycles. The number of nitrogens with zero attached hydrogens (tertiary/aromatic N) is 2. The van der Waals surface area contributed by atoms with Crippen molar-refractivity contribution >= 4 is 5.69 Å². The Morgan fingerprint density at radius 1 is 1.47 bits per heavy atom. The second kappa shape index (κ2) is 5.71. The smallest absolute Gasteiger partial charge is 0.0545 e. The van der Waals surface area contributed by atoms with Crippen LogP contribution in [-0.2, 0) is 6.54 Å². The van der Waals surface area contributed by atoms with E-state index in [1.807, 2.05) is 12.1 Å². The highest BCUT2D eigenvalue weighted by Crippen LogP contribution is 2.07. The molecule has 0 radical (unpaired) electrons. The Morgan fingerprint density at radius 2 is 2.20 bits per heavy atom. The van der Waals surface area contributed by atoms with Gasteiger partial charge in [-0.2, -0.15) is 0 Å². The fourth-order valence-corrected chi connectivity index (χ4v) is 1.53. The van der Waals surface area contributed by atoms with E-state index in [9.17, 15) is 0 Å². The molecule has 0 saturated carbocycles. The Morgan fingerprint density at radius 3 is 2.73 bits per heavy atom. The molecule has 84 valence electrons. The molecule has 0 amide bonds. The lowest BCUT2D eigenvalue weighted by atomic mass is 10.1. The fraction of sp³-hybridized carbons (Fsp3) is 0.583. The van der Waals surface area contributed by atoms with Gasteiger partial charge in [0, 0.05) is 13.1 Å². The van der Waals surface area contributed by atoms with Crippen LogP contribution in [0.1, 0.15) is 26.0 Å². The molecule has 0 aliphatic rings. The van der Waals surface area contributed by atoms with Crippen molar-refractivity contribution in [3.63, 3.8) is 0 Å². The van der Waals surface area contributed by atoms with Crippen LogP contribution in [0.3, 0.4) is 0 Å². The molecule has 1 atom stereocenters. The lowest BCUT2D eigenvalue weighted by molar-refractivity contribution is 0.272. The Hall–Kier alpha value is -1.09. The molecule has 0 spiro atoms. The summed E-state index contributed by atoms with van der Waals surface area (Å²) in [5, 5.41) is 0. The van der Waals surface area contributed by atoms with Gasteiger partial charge in [-0.05, 0) is 25.1 Å². The average Bonchev–Trinajstić information content (AvgIpc) is 2.21. The van der Waals surface area contributed by atoms with Gasteiger partial charge >= 0.3 is 0 Å². The predicted octanol–water partition coefficient (Wildman–Crippen LogP) is 2.14. The first-order chi connectivity index (χ1) is 7.11. The Kier molecular flexibility index (Phi) is 4.56. The van der Waals surface area contributed by atoms with Crippen molar-refractivity contribution in [1.82, 2.24) is 9.88 Å². The first-order valence-electron chi connectivity index (χ1n) is 5.50. The monoisotopic (exact) mass is 207 g/mol. The molecule has 0 bridgehead atoms. The molecule has 0 saturated heterocycles. The van der Waals surface area contributed by atoms with Crippen molar-refractivity contribution in [2.45, 2.75) is 26.8 Å². The molecule has 0 fully saturated rings. The van der Waals surface area contributed by atoms with Crippen molar-refractivity contribution in [3.05, 3.63) is 24.0 Å². The zero-order valence-electron chi connectivity index (χ0n) is 9.90. The second-order valence-corrected chi connectivity index (χ2v) is 4.29. The molecule has 1 unspecified atom stereocenters. The topological polar surface area (TPSA) is 42.1 Å². The zero-order valence-corrected chi connectivity index (χ0v) is 9.90. The average molecular weight is 207 g/mol. The van der Waals surface area contributed by atoms with E-state index in [1.165, 1.54) is 6.42 Å². The normalized spacial score (nSPS) is 13.1. The maximum atomic E-state index is 5.58. The van der Waals surface area contributed by atoms with Crippen LogP contribution in [0.15, 0.2) is 18.3 Å². The molecule has 0 aromatic carbocycles. The molecular formula is C12H21N3. The number of nitrogen functional groups attached to an aromatic ring is 1. The quantitative estimate of drug-likeness (QED) is 0.804. The Labute approximate surface area is 92.3 Å². The summed E-state index contributed by atoms with van der Waals surface area (Å²) in [4.78, 5) is 6.58. The maximum Gasteiger partial charge on any atom is 0.0545 e. The summed E-state index contributed by atoms with van der Waals surface area (Å²) in [5.41, 5.74) is 7.39. The summed E-state index contributed by atoms with van der Waals surface area (Å²) in [5.74, 6) is 0.740. The van der Waals surface area contributed by atoms with Crippen molar-refractivity contribution < 1.29 is 0 Å². The van der Waals surface area contributed by atoms with Gasteiger partial charge < -0.3 is 10.6 Å². The van der Waals surface area contributed by atoms with Crippen molar-refractivity contribution in [2.24, 2.45) is 5.92 Å². The first kappa shape index (κ1) is 12.0. The molecule has 3 nitrogen and oxygen atoms in total. The summed E-state index contributed by atoms with van der Waals surface area (Å²) in [7, 11) is 2.13. The van der Waals surface area contributed by atoms with Gasteiger partial charge in [-0.3, -0.25) is 4.98 Å². The van der Waals surface area contributed by atoms with Crippen molar-refractivity contribution in [1.29, 1.82) is 0 Å². The van der Waals surface area contributed by atoms with E-state index in [-0.39, 0.29) is 0 Å². The number of aromatic nitrogens is 1. The summed E-state index contributed by atoms with van der Waals surface area (Å²) in [6.07, 6.45) is 2.94. The van der Waals surface area contributed by atoms with E-state index in [2.05, 4.69) is 30.8 Å². The number of nitrogens with two attached hydrogens (primary N) is 1. The molecule has 3 heteroatoms. The molecule has 1 aromatic heterocycles. The molecule has 1 rings (SSSR count). The Bertz CT molecular complexity index is 281. The van der Waals surface area contributed by atoms with E-state index in [0.717, 1.165) is 30.4 Å². The first-order valence-corrected chi connectivity index (χ1v) is 5.50. The van der Waals surface area contributed by atoms with Crippen LogP contribution in [0.2, 0.25) is 0 Å². The number of hydrogen-bond donors (Lipinski definition) is 1. The van der Waals surface area contributed by atoms with E-state index >= 15 is 0 Å². The van der Waals surface area contributed by atoms with E-state index < -0.39 is 0 Å². The summed E-state index contributed by atoms with van der Waals surface area (Å²) in [6.45, 7) is 6.50. The molecule has 2 N–H and O–H groups in total. The summed E-state index contributed by atoms with van der Waals surface area (Å²) >= 11 is 0. The molecule has 15 heavy (non-hydrogen) atoms. The lowest BCUT2D eigenvalue weighted by Crippen LogP contribution is -2.24. The Balaban J connectivity index is 2.44. The molecule has 1 aromatic rings. The molecule has 1 heterocycles. The van der Waals surface area contributed by atoms with Gasteiger partial charge in [0.2, 0.25) is 0 Å². The van der Waals surface area contributed by atoms with Gasteiger partial charge in [0.15, 0.2) is 0 Å². The van der Waals surface area contributed by atoms with Gasteiger partial charge in [0.25, 0.3) is 0 Å². The van der Waals surface area contributed by atoms with Crippen molar-refractivity contribution in [2.75, 3.05) is 19.3 Å². The summed E-state index contributed by atoms with van der Waals surface area (Å²) < 4.78 is 0. The minimum absolute atomic E-state index is 0.725. The third kappa shape index (κ3) is 4.30. The van der Waals surface area contributed by atoms with Crippen LogP contribution in [0.25, 0.3) is 0 Å². The third-order valence-electron chi connectivity index (χ3n) is 2.60. The second-order valence-electron chi connectivity index (χ2n) is 4.29. The standard InChI is InChI=1S/C12H21N3/c1-4-10(2)8-15(3)9-12-6-5-11(13)7-14-12/h5-7,10H,4,8-9,13H2,1-3H3. The predicted molar refractivity (Wildman–Crippen MR) is 64.4 cm³/mol. The largest absolute Gasteiger partial charge is 0.397 e. The van der Waals surface area contributed by atoms with Gasteiger partial charge in [-0.1, -0.05) is 20.3 Å². The van der Waals surface area contributed by atoms with Crippen LogP contribution in [0.4, 0.5) is 5.69 Å². The zero-order chi connectivity index (χ0) is 11.3. The van der Waals surface area contributed by atoms with Crippen LogP contribution in [0.5, 0.6) is 0 Å². The fourth-order valence-electron chi connectivity index (χ4n) is 1.53. The van der Waals surface area contributed by atoms with E-state index in [4.69, 9.17) is 5.73 Å². The van der Waals surface area contributed by atoms with E-state index in [0.29, 0.717) is 0 Å². The number of rotatable bonds is 5. The highest BCUT2D eigenvalue weighted by Gasteiger charge is 2.05. The number of hydrogen-bond acceptors (Lipinski definition) is 3. The lowest BCUT2D eigenvalue weighted by Gasteiger charge is -2.19. The van der Waals surface area contributed by atoms with Gasteiger partial charge in [0.1, 0.15) is 0 Å². The minimum Gasteiger partial charge on any atom is -0.397 e. The SMILES string of the molecule is CCC(C)CN(C)Cc1ccc(N)cn1. The van der Waals surface area contributed by atoms with Crippen molar-refractivity contribution in [3.8, 4) is 0 Å². The van der Waals surface area contributed by atoms with Gasteiger partial charge in [-0.25, -0.2) is 0 Å². The number of pyridine rings is 1. The van der Waals surface area contributed by atoms with Crippen LogP contribution in [0, 0.1) is 5.92 Å². The maximum absolute atomic E-state index is 5.58. The number of anilines is 1. The van der Waals surface area contributed by atoms with Gasteiger partial charge in [-0.15, -0.1) is 0 Å². The van der Waals surface area contributed by atoms with Crippen LogP contribution in [-0.4, -0.2) is 23.5 Å². The summed E-state index contributed by atoms with van der Waals surface area (Å²) in [6, 6.07) is 3.89. The van der Waals surface area contributed by atoms with Crippen LogP contribution >= 0.6 is 0 Å². The molecule has 0 aliphatic carbocycles. The third-order valence-corrected chi connectivity index (χ3v) is 2.60. The minimum atomic E-state index is 0.725. The molecular weight excluding hydrogens is 186 g/mol. The highest BCUT2D eigenvalue weighted by molar-refractivity contribution is 5.34. The van der Waals surface area contributed by atoms with E-state index in [1.54, 1.807) is 6.20 Å². The van der Waals surface area contributed by atoms with Gasteiger partial charge in [0.05, 0.1) is 17.6 Å². The van der Waals surface area contributed by atoms with Crippen LogP contribution < -0.4 is 5.73 Å². The highest BCUT2D eigenvalue weighted by atomic mass is 15.1.